The van der Waals surface area contributed by atoms with Crippen LogP contribution in [0.15, 0.2) is 29.2 Å². The molecular formula is C15H25N3O. The van der Waals surface area contributed by atoms with Crippen molar-refractivity contribution in [2.75, 3.05) is 33.2 Å². The molecule has 106 valence electrons. The highest BCUT2D eigenvalue weighted by Crippen LogP contribution is 2.29. The van der Waals surface area contributed by atoms with Crippen molar-refractivity contribution in [2.45, 2.75) is 26.3 Å². The van der Waals surface area contributed by atoms with Gasteiger partial charge in [0.25, 0.3) is 5.56 Å². The molecule has 1 aromatic heterocycles. The molecule has 0 amide bonds. The van der Waals surface area contributed by atoms with E-state index in [2.05, 4.69) is 24.2 Å². The summed E-state index contributed by atoms with van der Waals surface area (Å²) in [6.07, 6.45) is 4.35. The lowest BCUT2D eigenvalue weighted by molar-refractivity contribution is 0.137. The fourth-order valence-corrected chi connectivity index (χ4v) is 2.57. The molecule has 0 unspecified atom stereocenters. The summed E-state index contributed by atoms with van der Waals surface area (Å²) in [5.41, 5.74) is 0.489. The van der Waals surface area contributed by atoms with E-state index < -0.39 is 0 Å². The van der Waals surface area contributed by atoms with Crippen LogP contribution in [0.25, 0.3) is 0 Å². The average Bonchev–Trinajstić information content (AvgIpc) is 2.41. The Balaban J connectivity index is 1.72. The van der Waals surface area contributed by atoms with E-state index in [9.17, 15) is 4.79 Å². The van der Waals surface area contributed by atoms with Crippen LogP contribution in [0.2, 0.25) is 0 Å². The third-order valence-electron chi connectivity index (χ3n) is 4.17. The van der Waals surface area contributed by atoms with Crippen LogP contribution < -0.4 is 10.9 Å². The van der Waals surface area contributed by atoms with Gasteiger partial charge in [0.15, 0.2) is 0 Å². The van der Waals surface area contributed by atoms with Crippen molar-refractivity contribution in [2.24, 2.45) is 5.41 Å². The first-order valence-electron chi connectivity index (χ1n) is 7.14. The highest BCUT2D eigenvalue weighted by molar-refractivity contribution is 4.93. The number of hydrogen-bond acceptors (Lipinski definition) is 3. The molecule has 1 fully saturated rings. The Bertz CT molecular complexity index is 447. The Morgan fingerprint density at radius 2 is 2.05 bits per heavy atom. The molecule has 0 radical (unpaired) electrons. The summed E-state index contributed by atoms with van der Waals surface area (Å²) in [7, 11) is 2.19. The van der Waals surface area contributed by atoms with Gasteiger partial charge in [-0.3, -0.25) is 4.79 Å². The Kier molecular flexibility index (Phi) is 4.77. The fourth-order valence-electron chi connectivity index (χ4n) is 2.57. The summed E-state index contributed by atoms with van der Waals surface area (Å²) < 4.78 is 1.75. The van der Waals surface area contributed by atoms with E-state index in [1.54, 1.807) is 16.7 Å². The van der Waals surface area contributed by atoms with Gasteiger partial charge in [0, 0.05) is 31.9 Å². The predicted octanol–water partition coefficient (Wildman–Crippen LogP) is 1.17. The van der Waals surface area contributed by atoms with Gasteiger partial charge in [-0.05, 0) is 44.5 Å². The summed E-state index contributed by atoms with van der Waals surface area (Å²) in [6.45, 7) is 7.39. The molecule has 1 aliphatic rings. The summed E-state index contributed by atoms with van der Waals surface area (Å²) in [6, 6.07) is 5.30. The van der Waals surface area contributed by atoms with E-state index in [0.29, 0.717) is 5.41 Å². The quantitative estimate of drug-likeness (QED) is 0.810. The first-order valence-corrected chi connectivity index (χ1v) is 7.14. The predicted molar refractivity (Wildman–Crippen MR) is 78.4 cm³/mol. The molecule has 0 saturated carbocycles. The molecule has 1 saturated heterocycles. The molecule has 0 aliphatic carbocycles. The van der Waals surface area contributed by atoms with Crippen LogP contribution in [0.5, 0.6) is 0 Å². The van der Waals surface area contributed by atoms with Crippen molar-refractivity contribution in [3.8, 4) is 0 Å². The number of nitrogens with zero attached hydrogens (tertiary/aromatic N) is 2. The molecule has 1 aliphatic heterocycles. The van der Waals surface area contributed by atoms with Gasteiger partial charge >= 0.3 is 0 Å². The van der Waals surface area contributed by atoms with E-state index in [-0.39, 0.29) is 5.56 Å². The number of pyridine rings is 1. The maximum Gasteiger partial charge on any atom is 0.250 e. The number of hydrogen-bond donors (Lipinski definition) is 1. The minimum absolute atomic E-state index is 0.0785. The maximum absolute atomic E-state index is 11.5. The molecule has 4 nitrogen and oxygen atoms in total. The van der Waals surface area contributed by atoms with E-state index in [1.807, 2.05) is 12.3 Å². The van der Waals surface area contributed by atoms with Gasteiger partial charge in [0.1, 0.15) is 0 Å². The minimum Gasteiger partial charge on any atom is -0.314 e. The van der Waals surface area contributed by atoms with Gasteiger partial charge in [-0.15, -0.1) is 0 Å². The number of piperidine rings is 1. The molecule has 1 N–H and O–H groups in total. The molecule has 0 atom stereocenters. The molecule has 1 aromatic rings. The molecule has 2 heterocycles. The molecule has 0 spiro atoms. The van der Waals surface area contributed by atoms with Crippen molar-refractivity contribution in [1.29, 1.82) is 0 Å². The minimum atomic E-state index is 0.0785. The summed E-state index contributed by atoms with van der Waals surface area (Å²) >= 11 is 0. The zero-order chi connectivity index (χ0) is 13.7. The highest BCUT2D eigenvalue weighted by atomic mass is 16.1. The molecule has 0 bridgehead atoms. The van der Waals surface area contributed by atoms with Gasteiger partial charge < -0.3 is 14.8 Å². The topological polar surface area (TPSA) is 37.3 Å². The molecular weight excluding hydrogens is 238 g/mol. The number of nitrogens with one attached hydrogen (secondary N) is 1. The molecule has 4 heteroatoms. The standard InChI is InChI=1S/C15H25N3O/c1-15(6-10-17(2)11-7-15)13-16-8-12-18-9-4-3-5-14(18)19/h3-5,9,16H,6-8,10-13H2,1-2H3. The summed E-state index contributed by atoms with van der Waals surface area (Å²) in [4.78, 5) is 13.9. The second-order valence-corrected chi connectivity index (χ2v) is 6.02. The van der Waals surface area contributed by atoms with Crippen molar-refractivity contribution >= 4 is 0 Å². The smallest absolute Gasteiger partial charge is 0.250 e. The van der Waals surface area contributed by atoms with Crippen LogP contribution in [0.1, 0.15) is 19.8 Å². The maximum atomic E-state index is 11.5. The Labute approximate surface area is 115 Å². The van der Waals surface area contributed by atoms with Crippen molar-refractivity contribution in [1.82, 2.24) is 14.8 Å². The molecule has 0 aromatic carbocycles. The van der Waals surface area contributed by atoms with Crippen molar-refractivity contribution in [3.63, 3.8) is 0 Å². The van der Waals surface area contributed by atoms with Gasteiger partial charge in [-0.1, -0.05) is 13.0 Å². The highest BCUT2D eigenvalue weighted by Gasteiger charge is 2.28. The summed E-state index contributed by atoms with van der Waals surface area (Å²) in [5.74, 6) is 0. The number of likely N-dealkylation sites (tertiary alicyclic amines) is 1. The molecule has 19 heavy (non-hydrogen) atoms. The zero-order valence-corrected chi connectivity index (χ0v) is 12.1. The second kappa shape index (κ2) is 6.35. The Morgan fingerprint density at radius 3 is 2.74 bits per heavy atom. The number of rotatable bonds is 5. The van der Waals surface area contributed by atoms with Crippen LogP contribution in [0.4, 0.5) is 0 Å². The first-order chi connectivity index (χ1) is 9.09. The van der Waals surface area contributed by atoms with E-state index in [4.69, 9.17) is 0 Å². The van der Waals surface area contributed by atoms with E-state index in [1.165, 1.54) is 25.9 Å². The third-order valence-corrected chi connectivity index (χ3v) is 4.17. The SMILES string of the molecule is CN1CCC(C)(CNCCn2ccccc2=O)CC1. The van der Waals surface area contributed by atoms with Crippen LogP contribution in [0, 0.1) is 5.41 Å². The zero-order valence-electron chi connectivity index (χ0n) is 12.1. The van der Waals surface area contributed by atoms with E-state index >= 15 is 0 Å². The van der Waals surface area contributed by atoms with Crippen LogP contribution in [-0.2, 0) is 6.54 Å². The average molecular weight is 263 g/mol. The lowest BCUT2D eigenvalue weighted by Crippen LogP contribution is -2.42. The van der Waals surface area contributed by atoms with Crippen LogP contribution in [0.3, 0.4) is 0 Å². The van der Waals surface area contributed by atoms with Gasteiger partial charge in [0.05, 0.1) is 0 Å². The van der Waals surface area contributed by atoms with Gasteiger partial charge in [-0.2, -0.15) is 0 Å². The Morgan fingerprint density at radius 1 is 1.32 bits per heavy atom. The molecule has 2 rings (SSSR count). The van der Waals surface area contributed by atoms with Gasteiger partial charge in [-0.25, -0.2) is 0 Å². The third kappa shape index (κ3) is 4.18. The lowest BCUT2D eigenvalue weighted by Gasteiger charge is -2.38. The van der Waals surface area contributed by atoms with Crippen molar-refractivity contribution < 1.29 is 0 Å². The Hall–Kier alpha value is -1.13. The second-order valence-electron chi connectivity index (χ2n) is 6.02. The van der Waals surface area contributed by atoms with E-state index in [0.717, 1.165) is 19.6 Å². The van der Waals surface area contributed by atoms with Crippen LogP contribution in [-0.4, -0.2) is 42.7 Å². The number of aromatic nitrogens is 1. The lowest BCUT2D eigenvalue weighted by atomic mass is 9.80. The van der Waals surface area contributed by atoms with Gasteiger partial charge in [0.2, 0.25) is 0 Å². The monoisotopic (exact) mass is 263 g/mol. The fraction of sp³-hybridized carbons (Fsp3) is 0.667. The summed E-state index contributed by atoms with van der Waals surface area (Å²) in [5, 5.41) is 3.51. The largest absolute Gasteiger partial charge is 0.314 e. The normalized spacial score (nSPS) is 19.5. The first kappa shape index (κ1) is 14.3. The van der Waals surface area contributed by atoms with Crippen LogP contribution >= 0.6 is 0 Å². The van der Waals surface area contributed by atoms with Crippen molar-refractivity contribution in [3.05, 3.63) is 34.7 Å².